The average Bonchev–Trinajstić information content (AvgIpc) is 3.31. The summed E-state index contributed by atoms with van der Waals surface area (Å²) in [6, 6.07) is 6.14. The maximum absolute atomic E-state index is 12.9. The third-order valence-electron chi connectivity index (χ3n) is 5.23. The van der Waals surface area contributed by atoms with E-state index in [-0.39, 0.29) is 11.9 Å². The predicted octanol–water partition coefficient (Wildman–Crippen LogP) is 3.19. The molecule has 28 heavy (non-hydrogen) atoms. The lowest BCUT2D eigenvalue weighted by Crippen LogP contribution is -2.46. The van der Waals surface area contributed by atoms with Crippen LogP contribution in [0.15, 0.2) is 30.6 Å². The molecule has 1 saturated heterocycles. The van der Waals surface area contributed by atoms with Gasteiger partial charge >= 0.3 is 0 Å². The SMILES string of the molecule is CC(C)(C)CN1CCC(NC(=O)c2n[nH]c3ccc(-c4cn[nH]c4)cc23)CC1. The van der Waals surface area contributed by atoms with Crippen molar-refractivity contribution in [3.63, 3.8) is 0 Å². The van der Waals surface area contributed by atoms with Crippen LogP contribution < -0.4 is 5.32 Å². The summed E-state index contributed by atoms with van der Waals surface area (Å²) in [5, 5.41) is 18.1. The van der Waals surface area contributed by atoms with Crippen molar-refractivity contribution in [1.82, 2.24) is 30.6 Å². The molecule has 1 aliphatic heterocycles. The number of aromatic amines is 2. The average molecular weight is 380 g/mol. The fourth-order valence-corrected chi connectivity index (χ4v) is 3.94. The van der Waals surface area contributed by atoms with Gasteiger partial charge in [0.05, 0.1) is 11.7 Å². The molecule has 1 aromatic carbocycles. The normalized spacial score (nSPS) is 16.5. The summed E-state index contributed by atoms with van der Waals surface area (Å²) in [6.45, 7) is 9.93. The summed E-state index contributed by atoms with van der Waals surface area (Å²) >= 11 is 0. The summed E-state index contributed by atoms with van der Waals surface area (Å²) in [6.07, 6.45) is 5.56. The Hall–Kier alpha value is -2.67. The van der Waals surface area contributed by atoms with Gasteiger partial charge in [-0.15, -0.1) is 0 Å². The topological polar surface area (TPSA) is 89.7 Å². The fraction of sp³-hybridized carbons (Fsp3) is 0.476. The molecule has 1 aliphatic rings. The summed E-state index contributed by atoms with van der Waals surface area (Å²) in [5.41, 5.74) is 3.61. The lowest BCUT2D eigenvalue weighted by atomic mass is 9.94. The molecule has 7 heteroatoms. The number of likely N-dealkylation sites (tertiary alicyclic amines) is 1. The number of piperidine rings is 1. The molecule has 4 rings (SSSR count). The van der Waals surface area contributed by atoms with Crippen molar-refractivity contribution in [3.05, 3.63) is 36.3 Å². The number of nitrogens with one attached hydrogen (secondary N) is 3. The van der Waals surface area contributed by atoms with Crippen molar-refractivity contribution in [2.24, 2.45) is 5.41 Å². The molecule has 0 unspecified atom stereocenters. The summed E-state index contributed by atoms with van der Waals surface area (Å²) in [4.78, 5) is 15.4. The Bertz CT molecular complexity index is 945. The van der Waals surface area contributed by atoms with Crippen LogP contribution >= 0.6 is 0 Å². The van der Waals surface area contributed by atoms with Crippen LogP contribution in [0.25, 0.3) is 22.0 Å². The van der Waals surface area contributed by atoms with E-state index in [1.165, 1.54) is 0 Å². The van der Waals surface area contributed by atoms with Gasteiger partial charge in [-0.05, 0) is 36.0 Å². The Labute approximate surface area is 164 Å². The number of rotatable bonds is 4. The van der Waals surface area contributed by atoms with Crippen molar-refractivity contribution in [3.8, 4) is 11.1 Å². The van der Waals surface area contributed by atoms with Crippen molar-refractivity contribution >= 4 is 16.8 Å². The van der Waals surface area contributed by atoms with Crippen LogP contribution in [0.5, 0.6) is 0 Å². The highest BCUT2D eigenvalue weighted by atomic mass is 16.2. The Morgan fingerprint density at radius 1 is 1.25 bits per heavy atom. The molecule has 3 N–H and O–H groups in total. The van der Waals surface area contributed by atoms with Crippen LogP contribution in [-0.4, -0.2) is 56.9 Å². The summed E-state index contributed by atoms with van der Waals surface area (Å²) in [5.74, 6) is -0.107. The third-order valence-corrected chi connectivity index (χ3v) is 5.23. The first kappa shape index (κ1) is 18.7. The monoisotopic (exact) mass is 380 g/mol. The van der Waals surface area contributed by atoms with E-state index < -0.39 is 0 Å². The number of H-pyrrole nitrogens is 2. The lowest BCUT2D eigenvalue weighted by Gasteiger charge is -2.36. The first-order valence-corrected chi connectivity index (χ1v) is 9.89. The number of carbonyl (C=O) groups excluding carboxylic acids is 1. The number of benzene rings is 1. The lowest BCUT2D eigenvalue weighted by molar-refractivity contribution is 0.0892. The minimum absolute atomic E-state index is 0.107. The molecule has 0 atom stereocenters. The van der Waals surface area contributed by atoms with E-state index in [4.69, 9.17) is 0 Å². The van der Waals surface area contributed by atoms with Crippen LogP contribution in [0.2, 0.25) is 0 Å². The zero-order valence-electron chi connectivity index (χ0n) is 16.7. The molecule has 3 aromatic rings. The van der Waals surface area contributed by atoms with E-state index in [9.17, 15) is 4.79 Å². The smallest absolute Gasteiger partial charge is 0.272 e. The minimum Gasteiger partial charge on any atom is -0.348 e. The maximum Gasteiger partial charge on any atom is 0.272 e. The Morgan fingerprint density at radius 3 is 2.71 bits per heavy atom. The third kappa shape index (κ3) is 4.09. The fourth-order valence-electron chi connectivity index (χ4n) is 3.94. The summed E-state index contributed by atoms with van der Waals surface area (Å²) < 4.78 is 0. The van der Waals surface area contributed by atoms with Gasteiger partial charge in [0, 0.05) is 42.8 Å². The van der Waals surface area contributed by atoms with E-state index in [1.807, 2.05) is 24.4 Å². The van der Waals surface area contributed by atoms with Crippen LogP contribution in [-0.2, 0) is 0 Å². The second kappa shape index (κ2) is 7.39. The van der Waals surface area contributed by atoms with Crippen LogP contribution in [0, 0.1) is 5.41 Å². The number of aromatic nitrogens is 4. The molecule has 0 radical (unpaired) electrons. The zero-order valence-corrected chi connectivity index (χ0v) is 16.7. The molecule has 1 fully saturated rings. The molecule has 148 valence electrons. The van der Waals surface area contributed by atoms with E-state index in [1.54, 1.807) is 6.20 Å². The maximum atomic E-state index is 12.9. The quantitative estimate of drug-likeness (QED) is 0.648. The standard InChI is InChI=1S/C21H28N6O/c1-21(2,3)13-27-8-6-16(7-9-27)24-20(28)19-17-10-14(15-11-22-23-12-15)4-5-18(17)25-26-19/h4-5,10-12,16H,6-9,13H2,1-3H3,(H,22,23)(H,24,28)(H,25,26). The van der Waals surface area contributed by atoms with E-state index in [0.29, 0.717) is 11.1 Å². The van der Waals surface area contributed by atoms with E-state index in [2.05, 4.69) is 51.4 Å². The molecular formula is C21H28N6O. The molecule has 7 nitrogen and oxygen atoms in total. The van der Waals surface area contributed by atoms with E-state index >= 15 is 0 Å². The number of hydrogen-bond acceptors (Lipinski definition) is 4. The number of fused-ring (bicyclic) bond motifs is 1. The second-order valence-corrected chi connectivity index (χ2v) is 8.90. The Morgan fingerprint density at radius 2 is 2.04 bits per heavy atom. The Balaban J connectivity index is 1.44. The highest BCUT2D eigenvalue weighted by Gasteiger charge is 2.25. The molecule has 0 bridgehead atoms. The van der Waals surface area contributed by atoms with Gasteiger partial charge < -0.3 is 10.2 Å². The van der Waals surface area contributed by atoms with Gasteiger partial charge in [-0.3, -0.25) is 15.0 Å². The molecule has 0 aliphatic carbocycles. The highest BCUT2D eigenvalue weighted by molar-refractivity contribution is 6.05. The van der Waals surface area contributed by atoms with Crippen LogP contribution in [0.3, 0.4) is 0 Å². The number of hydrogen-bond donors (Lipinski definition) is 3. The number of carbonyl (C=O) groups is 1. The van der Waals surface area contributed by atoms with Gasteiger partial charge in [-0.2, -0.15) is 10.2 Å². The summed E-state index contributed by atoms with van der Waals surface area (Å²) in [7, 11) is 0. The van der Waals surface area contributed by atoms with Gasteiger partial charge in [-0.1, -0.05) is 26.8 Å². The van der Waals surface area contributed by atoms with Gasteiger partial charge in [0.25, 0.3) is 5.91 Å². The van der Waals surface area contributed by atoms with E-state index in [0.717, 1.165) is 54.5 Å². The number of amides is 1. The largest absolute Gasteiger partial charge is 0.348 e. The second-order valence-electron chi connectivity index (χ2n) is 8.90. The van der Waals surface area contributed by atoms with Crippen molar-refractivity contribution in [1.29, 1.82) is 0 Å². The van der Waals surface area contributed by atoms with Crippen LogP contribution in [0.4, 0.5) is 0 Å². The van der Waals surface area contributed by atoms with Crippen molar-refractivity contribution in [2.75, 3.05) is 19.6 Å². The van der Waals surface area contributed by atoms with Gasteiger partial charge in [0.2, 0.25) is 0 Å². The molecule has 3 heterocycles. The van der Waals surface area contributed by atoms with Gasteiger partial charge in [0.15, 0.2) is 5.69 Å². The van der Waals surface area contributed by atoms with Gasteiger partial charge in [-0.25, -0.2) is 0 Å². The van der Waals surface area contributed by atoms with Gasteiger partial charge in [0.1, 0.15) is 0 Å². The van der Waals surface area contributed by atoms with Crippen molar-refractivity contribution in [2.45, 2.75) is 39.7 Å². The molecule has 0 saturated carbocycles. The van der Waals surface area contributed by atoms with Crippen molar-refractivity contribution < 1.29 is 4.79 Å². The first-order valence-electron chi connectivity index (χ1n) is 9.89. The molecular weight excluding hydrogens is 352 g/mol. The predicted molar refractivity (Wildman–Crippen MR) is 110 cm³/mol. The Kier molecular flexibility index (Phi) is 4.93. The van der Waals surface area contributed by atoms with Crippen LogP contribution in [0.1, 0.15) is 44.1 Å². The molecule has 1 amide bonds. The molecule has 2 aromatic heterocycles. The molecule has 0 spiro atoms. The first-order chi connectivity index (χ1) is 13.4. The minimum atomic E-state index is -0.107. The highest BCUT2D eigenvalue weighted by Crippen LogP contribution is 2.25. The number of nitrogens with zero attached hydrogens (tertiary/aromatic N) is 3. The zero-order chi connectivity index (χ0) is 19.7.